The van der Waals surface area contributed by atoms with Gasteiger partial charge in [-0.2, -0.15) is 5.10 Å². The van der Waals surface area contributed by atoms with Crippen LogP contribution in [0.5, 0.6) is 5.75 Å². The number of fused-ring (bicyclic) bond motifs is 1. The van der Waals surface area contributed by atoms with Crippen LogP contribution in [0.25, 0.3) is 5.57 Å². The molecule has 0 aliphatic carbocycles. The molecule has 0 aromatic heterocycles. The second kappa shape index (κ2) is 7.99. The number of halogens is 2. The van der Waals surface area contributed by atoms with Crippen LogP contribution in [-0.2, 0) is 0 Å². The van der Waals surface area contributed by atoms with Gasteiger partial charge in [0.05, 0.1) is 24.4 Å². The molecule has 1 aliphatic rings. The number of carbonyl (C=O) groups excluding carboxylic acids is 1. The summed E-state index contributed by atoms with van der Waals surface area (Å²) in [4.78, 5) is 14.5. The van der Waals surface area contributed by atoms with Gasteiger partial charge < -0.3 is 9.64 Å². The summed E-state index contributed by atoms with van der Waals surface area (Å²) in [5, 5.41) is 3.94. The molecule has 152 valence electrons. The van der Waals surface area contributed by atoms with Crippen molar-refractivity contribution < 1.29 is 13.9 Å². The highest BCUT2D eigenvalue weighted by Gasteiger charge is 2.29. The number of amides is 1. The summed E-state index contributed by atoms with van der Waals surface area (Å²) in [6.45, 7) is 6.17. The molecule has 0 saturated heterocycles. The number of methoxy groups -OCH3 is 1. The average Bonchev–Trinajstić information content (AvgIpc) is 2.66. The first-order chi connectivity index (χ1) is 13.6. The number of nitrogens with zero attached hydrogens (tertiary/aromatic N) is 2. The number of hydrazone groups is 1. The Morgan fingerprint density at radius 1 is 1.31 bits per heavy atom. The molecule has 0 fully saturated rings. The molecular formula is C22H23BrFN3O2. The first kappa shape index (κ1) is 21.0. The second-order valence-electron chi connectivity index (χ2n) is 7.47. The van der Waals surface area contributed by atoms with E-state index in [1.54, 1.807) is 24.3 Å². The Morgan fingerprint density at radius 3 is 2.72 bits per heavy atom. The molecule has 0 unspecified atom stereocenters. The van der Waals surface area contributed by atoms with Crippen LogP contribution in [0.3, 0.4) is 0 Å². The normalized spacial score (nSPS) is 15.1. The molecule has 0 saturated carbocycles. The highest BCUT2D eigenvalue weighted by molar-refractivity contribution is 9.10. The predicted molar refractivity (Wildman–Crippen MR) is 118 cm³/mol. The maximum atomic E-state index is 14.7. The predicted octanol–water partition coefficient (Wildman–Crippen LogP) is 4.99. The average molecular weight is 460 g/mol. The summed E-state index contributed by atoms with van der Waals surface area (Å²) < 4.78 is 20.6. The SMILES string of the molecule is COc1ccc(Br)cc1C(=O)N/N=C\c1cc2c(cc1F)N(C)C(C)(C)C=C2C. The zero-order valence-corrected chi connectivity index (χ0v) is 18.6. The molecule has 2 aromatic carbocycles. The molecule has 2 aromatic rings. The second-order valence-corrected chi connectivity index (χ2v) is 8.39. The van der Waals surface area contributed by atoms with Crippen molar-refractivity contribution >= 4 is 39.3 Å². The number of hydrogen-bond acceptors (Lipinski definition) is 4. The molecular weight excluding hydrogens is 437 g/mol. The third-order valence-corrected chi connectivity index (χ3v) is 5.60. The maximum Gasteiger partial charge on any atom is 0.275 e. The Hall–Kier alpha value is -2.67. The lowest BCUT2D eigenvalue weighted by Gasteiger charge is -2.40. The van der Waals surface area contributed by atoms with Gasteiger partial charge in [-0.15, -0.1) is 0 Å². The molecule has 0 spiro atoms. The lowest BCUT2D eigenvalue weighted by Crippen LogP contribution is -2.42. The Balaban J connectivity index is 1.85. The summed E-state index contributed by atoms with van der Waals surface area (Å²) in [5.41, 5.74) is 5.69. The van der Waals surface area contributed by atoms with E-state index in [9.17, 15) is 9.18 Å². The molecule has 29 heavy (non-hydrogen) atoms. The summed E-state index contributed by atoms with van der Waals surface area (Å²) in [6, 6.07) is 8.34. The number of benzene rings is 2. The van der Waals surface area contributed by atoms with Crippen molar-refractivity contribution in [3.63, 3.8) is 0 Å². The molecule has 1 heterocycles. The van der Waals surface area contributed by atoms with Gasteiger partial charge in [-0.25, -0.2) is 9.82 Å². The van der Waals surface area contributed by atoms with E-state index in [0.29, 0.717) is 16.9 Å². The minimum Gasteiger partial charge on any atom is -0.496 e. The molecule has 1 N–H and O–H groups in total. The fourth-order valence-electron chi connectivity index (χ4n) is 3.36. The van der Waals surface area contributed by atoms with E-state index >= 15 is 0 Å². The highest BCUT2D eigenvalue weighted by atomic mass is 79.9. The van der Waals surface area contributed by atoms with E-state index in [4.69, 9.17) is 4.74 Å². The lowest BCUT2D eigenvalue weighted by atomic mass is 9.88. The van der Waals surface area contributed by atoms with Crippen LogP contribution >= 0.6 is 15.9 Å². The van der Waals surface area contributed by atoms with E-state index in [-0.39, 0.29) is 5.54 Å². The van der Waals surface area contributed by atoms with Crippen LogP contribution in [-0.4, -0.2) is 31.8 Å². The minimum absolute atomic E-state index is 0.198. The van der Waals surface area contributed by atoms with Crippen LogP contribution in [0.4, 0.5) is 10.1 Å². The van der Waals surface area contributed by atoms with E-state index in [1.807, 2.05) is 18.9 Å². The highest BCUT2D eigenvalue weighted by Crippen LogP contribution is 2.38. The van der Waals surface area contributed by atoms with Crippen molar-refractivity contribution in [1.29, 1.82) is 0 Å². The Kier molecular flexibility index (Phi) is 5.80. The number of rotatable bonds is 4. The molecule has 0 radical (unpaired) electrons. The van der Waals surface area contributed by atoms with Gasteiger partial charge in [0.15, 0.2) is 0 Å². The zero-order chi connectivity index (χ0) is 21.3. The quantitative estimate of drug-likeness (QED) is 0.517. The number of hydrogen-bond donors (Lipinski definition) is 1. The van der Waals surface area contributed by atoms with E-state index in [0.717, 1.165) is 21.3 Å². The number of nitrogens with one attached hydrogen (secondary N) is 1. The summed E-state index contributed by atoms with van der Waals surface area (Å²) in [6.07, 6.45) is 3.46. The Labute approximate surface area is 178 Å². The number of anilines is 1. The van der Waals surface area contributed by atoms with Crippen LogP contribution in [0.1, 0.15) is 42.3 Å². The standard InChI is InChI=1S/C22H23BrFN3O2/c1-13-11-22(2,3)27(4)19-10-18(24)14(8-16(13)19)12-25-26-21(28)17-9-15(23)6-7-20(17)29-5/h6-12H,1-5H3,(H,26,28)/b25-12-. The molecule has 7 heteroatoms. The van der Waals surface area contributed by atoms with Crippen molar-refractivity contribution in [2.24, 2.45) is 5.10 Å². The number of ether oxygens (including phenoxy) is 1. The van der Waals surface area contributed by atoms with Crippen LogP contribution < -0.4 is 15.1 Å². The van der Waals surface area contributed by atoms with E-state index < -0.39 is 11.7 Å². The van der Waals surface area contributed by atoms with Gasteiger partial charge in [0.25, 0.3) is 5.91 Å². The van der Waals surface area contributed by atoms with Crippen molar-refractivity contribution in [2.45, 2.75) is 26.3 Å². The topological polar surface area (TPSA) is 53.9 Å². The maximum absolute atomic E-state index is 14.7. The van der Waals surface area contributed by atoms with Gasteiger partial charge in [0, 0.05) is 28.3 Å². The van der Waals surface area contributed by atoms with Crippen molar-refractivity contribution in [3.8, 4) is 5.75 Å². The summed E-state index contributed by atoms with van der Waals surface area (Å²) >= 11 is 3.33. The third-order valence-electron chi connectivity index (χ3n) is 5.11. The Bertz CT molecular complexity index is 1030. The van der Waals surface area contributed by atoms with E-state index in [1.165, 1.54) is 19.4 Å². The minimum atomic E-state index is -0.449. The molecule has 5 nitrogen and oxygen atoms in total. The first-order valence-corrected chi connectivity index (χ1v) is 9.87. The van der Waals surface area contributed by atoms with Crippen molar-refractivity contribution in [2.75, 3.05) is 19.1 Å². The number of allylic oxidation sites excluding steroid dienone is 1. The number of carbonyl (C=O) groups is 1. The van der Waals surface area contributed by atoms with Gasteiger partial charge in [-0.1, -0.05) is 22.0 Å². The van der Waals surface area contributed by atoms with Gasteiger partial charge in [-0.05, 0) is 56.7 Å². The van der Waals surface area contributed by atoms with Crippen LogP contribution in [0.15, 0.2) is 46.0 Å². The summed E-state index contributed by atoms with van der Waals surface area (Å²) in [5.74, 6) is -0.429. The fraction of sp³-hybridized carbons (Fsp3) is 0.273. The van der Waals surface area contributed by atoms with Crippen molar-refractivity contribution in [1.82, 2.24) is 5.43 Å². The monoisotopic (exact) mass is 459 g/mol. The first-order valence-electron chi connectivity index (χ1n) is 9.08. The summed E-state index contributed by atoms with van der Waals surface area (Å²) in [7, 11) is 3.43. The lowest BCUT2D eigenvalue weighted by molar-refractivity contribution is 0.0952. The van der Waals surface area contributed by atoms with Gasteiger partial charge >= 0.3 is 0 Å². The fourth-order valence-corrected chi connectivity index (χ4v) is 3.73. The van der Waals surface area contributed by atoms with Gasteiger partial charge in [0.2, 0.25) is 0 Å². The van der Waals surface area contributed by atoms with Crippen LogP contribution in [0.2, 0.25) is 0 Å². The van der Waals surface area contributed by atoms with Gasteiger partial charge in [0.1, 0.15) is 11.6 Å². The largest absolute Gasteiger partial charge is 0.496 e. The molecule has 0 atom stereocenters. The van der Waals surface area contributed by atoms with Crippen LogP contribution in [0, 0.1) is 5.82 Å². The molecule has 0 bridgehead atoms. The smallest absolute Gasteiger partial charge is 0.275 e. The molecule has 1 amide bonds. The zero-order valence-electron chi connectivity index (χ0n) is 17.0. The third kappa shape index (κ3) is 4.19. The van der Waals surface area contributed by atoms with Crippen molar-refractivity contribution in [3.05, 3.63) is 63.4 Å². The molecule has 1 aliphatic heterocycles. The number of likely N-dealkylation sites (N-methyl/N-ethyl adjacent to an activating group) is 1. The van der Waals surface area contributed by atoms with E-state index in [2.05, 4.69) is 46.4 Å². The Morgan fingerprint density at radius 2 is 2.03 bits per heavy atom. The van der Waals surface area contributed by atoms with Gasteiger partial charge in [-0.3, -0.25) is 4.79 Å². The molecule has 3 rings (SSSR count).